The van der Waals surface area contributed by atoms with E-state index in [-0.39, 0.29) is 27.7 Å². The second-order valence-corrected chi connectivity index (χ2v) is 7.71. The number of benzene rings is 2. The molecule has 2 N–H and O–H groups in total. The maximum Gasteiger partial charge on any atom is 0.573 e. The second kappa shape index (κ2) is 8.76. The zero-order valence-electron chi connectivity index (χ0n) is 17.9. The van der Waals surface area contributed by atoms with Crippen molar-refractivity contribution in [3.05, 3.63) is 59.0 Å². The number of fused-ring (bicyclic) bond motifs is 1. The van der Waals surface area contributed by atoms with Crippen molar-refractivity contribution in [2.24, 2.45) is 5.92 Å². The van der Waals surface area contributed by atoms with Crippen LogP contribution in [-0.4, -0.2) is 33.0 Å². The standard InChI is InChI=1S/C23H21F4NO5/c1-4-11(2)17(22(31)32)18-12(3)28(15-9-10-16(29)20(24)19(15)18)21(30)13-5-7-14(8-6-13)33-23(25,26)27/h5-11,17,29H,4H2,1-3H3,(H,31,32)/t11?,17-/m1/s1. The molecule has 0 aliphatic carbocycles. The van der Waals surface area contributed by atoms with Crippen LogP contribution >= 0.6 is 0 Å². The molecule has 3 rings (SSSR count). The summed E-state index contributed by atoms with van der Waals surface area (Å²) in [5, 5.41) is 19.6. The Hall–Kier alpha value is -3.56. The third kappa shape index (κ3) is 4.50. The molecule has 0 amide bonds. The summed E-state index contributed by atoms with van der Waals surface area (Å²) in [6.45, 7) is 4.92. The number of rotatable bonds is 6. The number of carboxylic acid groups (broad SMARTS) is 1. The number of ether oxygens (including phenoxy) is 1. The third-order valence-corrected chi connectivity index (χ3v) is 5.66. The topological polar surface area (TPSA) is 88.8 Å². The predicted octanol–water partition coefficient (Wildman–Crippen LogP) is 5.60. The van der Waals surface area contributed by atoms with Crippen molar-refractivity contribution in [3.8, 4) is 11.5 Å². The lowest BCUT2D eigenvalue weighted by Gasteiger charge is -2.20. The Labute approximate surface area is 186 Å². The van der Waals surface area contributed by atoms with E-state index >= 15 is 4.39 Å². The van der Waals surface area contributed by atoms with Gasteiger partial charge < -0.3 is 14.9 Å². The number of halogens is 4. The number of aliphatic carboxylic acids is 1. The monoisotopic (exact) mass is 467 g/mol. The van der Waals surface area contributed by atoms with Crippen LogP contribution in [0.2, 0.25) is 0 Å². The van der Waals surface area contributed by atoms with Gasteiger partial charge in [-0.3, -0.25) is 14.2 Å². The molecule has 176 valence electrons. The van der Waals surface area contributed by atoms with Gasteiger partial charge in [-0.1, -0.05) is 20.3 Å². The first-order valence-electron chi connectivity index (χ1n) is 10.0. The first-order valence-corrected chi connectivity index (χ1v) is 10.0. The van der Waals surface area contributed by atoms with Gasteiger partial charge in [0.1, 0.15) is 5.75 Å². The summed E-state index contributed by atoms with van der Waals surface area (Å²) in [4.78, 5) is 25.4. The number of alkyl halides is 3. The van der Waals surface area contributed by atoms with Crippen LogP contribution in [-0.2, 0) is 4.79 Å². The van der Waals surface area contributed by atoms with Crippen molar-refractivity contribution < 1.29 is 42.1 Å². The van der Waals surface area contributed by atoms with E-state index in [1.165, 1.54) is 13.0 Å². The lowest BCUT2D eigenvalue weighted by Crippen LogP contribution is -2.21. The highest BCUT2D eigenvalue weighted by molar-refractivity contribution is 6.05. The van der Waals surface area contributed by atoms with Crippen molar-refractivity contribution in [2.75, 3.05) is 0 Å². The van der Waals surface area contributed by atoms with Gasteiger partial charge in [0, 0.05) is 16.6 Å². The minimum atomic E-state index is -4.89. The Morgan fingerprint density at radius 3 is 2.24 bits per heavy atom. The fourth-order valence-electron chi connectivity index (χ4n) is 3.94. The van der Waals surface area contributed by atoms with Crippen molar-refractivity contribution in [3.63, 3.8) is 0 Å². The number of nitrogens with zero attached hydrogens (tertiary/aromatic N) is 1. The molecule has 0 saturated heterocycles. The second-order valence-electron chi connectivity index (χ2n) is 7.71. The normalized spacial score (nSPS) is 13.7. The summed E-state index contributed by atoms with van der Waals surface area (Å²) in [5.74, 6) is -5.78. The molecule has 0 aliphatic heterocycles. The lowest BCUT2D eigenvalue weighted by molar-refractivity contribution is -0.274. The highest BCUT2D eigenvalue weighted by Gasteiger charge is 2.35. The number of phenolic OH excluding ortho intramolecular Hbond substituents is 1. The summed E-state index contributed by atoms with van der Waals surface area (Å²) in [5.41, 5.74) is 0.224. The van der Waals surface area contributed by atoms with E-state index in [1.54, 1.807) is 13.8 Å². The number of carbonyl (C=O) groups excluding carboxylic acids is 1. The Morgan fingerprint density at radius 2 is 1.73 bits per heavy atom. The molecule has 0 spiro atoms. The highest BCUT2D eigenvalue weighted by Crippen LogP contribution is 2.40. The SMILES string of the molecule is CCC(C)[C@@H](C(=O)O)c1c(C)n(C(=O)c2ccc(OC(F)(F)F)cc2)c2ccc(O)c(F)c12. The quantitative estimate of drug-likeness (QED) is 0.461. The summed E-state index contributed by atoms with van der Waals surface area (Å²) < 4.78 is 57.1. The molecule has 0 saturated carbocycles. The van der Waals surface area contributed by atoms with Gasteiger partial charge in [0.05, 0.1) is 11.4 Å². The van der Waals surface area contributed by atoms with Crippen LogP contribution in [0.4, 0.5) is 17.6 Å². The average molecular weight is 467 g/mol. The van der Waals surface area contributed by atoms with E-state index in [0.717, 1.165) is 34.9 Å². The van der Waals surface area contributed by atoms with Crippen LogP contribution in [0.15, 0.2) is 36.4 Å². The molecule has 1 heterocycles. The zero-order valence-corrected chi connectivity index (χ0v) is 17.9. The lowest BCUT2D eigenvalue weighted by atomic mass is 9.84. The van der Waals surface area contributed by atoms with Gasteiger partial charge in [0.15, 0.2) is 11.6 Å². The first kappa shape index (κ1) is 24.1. The van der Waals surface area contributed by atoms with E-state index in [1.807, 2.05) is 0 Å². The van der Waals surface area contributed by atoms with Crippen molar-refractivity contribution in [1.82, 2.24) is 4.57 Å². The van der Waals surface area contributed by atoms with Crippen LogP contribution in [0, 0.1) is 18.7 Å². The predicted molar refractivity (Wildman–Crippen MR) is 111 cm³/mol. The molecule has 0 fully saturated rings. The molecule has 6 nitrogen and oxygen atoms in total. The minimum absolute atomic E-state index is 0.0278. The van der Waals surface area contributed by atoms with Gasteiger partial charge in [-0.05, 0) is 54.8 Å². The van der Waals surface area contributed by atoms with Gasteiger partial charge in [-0.15, -0.1) is 13.2 Å². The van der Waals surface area contributed by atoms with Crippen LogP contribution in [0.25, 0.3) is 10.9 Å². The van der Waals surface area contributed by atoms with Gasteiger partial charge in [-0.2, -0.15) is 0 Å². The largest absolute Gasteiger partial charge is 0.573 e. The summed E-state index contributed by atoms with van der Waals surface area (Å²) in [6, 6.07) is 6.51. The summed E-state index contributed by atoms with van der Waals surface area (Å²) >= 11 is 0. The zero-order chi connectivity index (χ0) is 24.7. The molecular formula is C23H21F4NO5. The molecule has 1 aromatic heterocycles. The third-order valence-electron chi connectivity index (χ3n) is 5.66. The van der Waals surface area contributed by atoms with Gasteiger partial charge >= 0.3 is 12.3 Å². The average Bonchev–Trinajstić information content (AvgIpc) is 3.02. The Bertz CT molecular complexity index is 1210. The molecule has 10 heteroatoms. The molecule has 1 unspecified atom stereocenters. The maximum atomic E-state index is 15.0. The minimum Gasteiger partial charge on any atom is -0.505 e. The van der Waals surface area contributed by atoms with Gasteiger partial charge in [-0.25, -0.2) is 4.39 Å². The number of carbonyl (C=O) groups is 2. The Balaban J connectivity index is 2.22. The Morgan fingerprint density at radius 1 is 1.12 bits per heavy atom. The van der Waals surface area contributed by atoms with Crippen molar-refractivity contribution >= 4 is 22.8 Å². The number of aromatic nitrogens is 1. The first-order chi connectivity index (χ1) is 15.4. The van der Waals surface area contributed by atoms with Gasteiger partial charge in [0.25, 0.3) is 5.91 Å². The molecule has 33 heavy (non-hydrogen) atoms. The number of aromatic hydroxyl groups is 1. The van der Waals surface area contributed by atoms with E-state index < -0.39 is 47.4 Å². The fourth-order valence-corrected chi connectivity index (χ4v) is 3.94. The smallest absolute Gasteiger partial charge is 0.505 e. The summed E-state index contributed by atoms with van der Waals surface area (Å²) in [7, 11) is 0. The van der Waals surface area contributed by atoms with Crippen LogP contribution in [0.1, 0.15) is 47.8 Å². The molecule has 2 atom stereocenters. The van der Waals surface area contributed by atoms with E-state index in [2.05, 4.69) is 4.74 Å². The van der Waals surface area contributed by atoms with Crippen LogP contribution in [0.3, 0.4) is 0 Å². The maximum absolute atomic E-state index is 15.0. The van der Waals surface area contributed by atoms with Crippen LogP contribution in [0.5, 0.6) is 11.5 Å². The van der Waals surface area contributed by atoms with E-state index in [0.29, 0.717) is 6.42 Å². The van der Waals surface area contributed by atoms with Crippen LogP contribution < -0.4 is 4.74 Å². The molecule has 0 bridgehead atoms. The molecule has 0 aliphatic rings. The molecule has 3 aromatic rings. The van der Waals surface area contributed by atoms with Gasteiger partial charge in [0.2, 0.25) is 0 Å². The fraction of sp³-hybridized carbons (Fsp3) is 0.304. The van der Waals surface area contributed by atoms with Crippen molar-refractivity contribution in [1.29, 1.82) is 0 Å². The Kier molecular flexibility index (Phi) is 6.40. The number of hydrogen-bond donors (Lipinski definition) is 2. The van der Waals surface area contributed by atoms with E-state index in [9.17, 15) is 33.0 Å². The van der Waals surface area contributed by atoms with Crippen molar-refractivity contribution in [2.45, 2.75) is 39.5 Å². The number of phenols is 1. The molecule has 2 aromatic carbocycles. The highest BCUT2D eigenvalue weighted by atomic mass is 19.4. The number of carboxylic acids is 1. The molecule has 0 radical (unpaired) electrons. The molecular weight excluding hydrogens is 446 g/mol. The summed E-state index contributed by atoms with van der Waals surface area (Å²) in [6.07, 6.45) is -4.44. The van der Waals surface area contributed by atoms with E-state index in [4.69, 9.17) is 0 Å². The number of hydrogen-bond acceptors (Lipinski definition) is 4.